The van der Waals surface area contributed by atoms with Crippen molar-refractivity contribution in [3.05, 3.63) is 16.1 Å². The minimum atomic E-state index is -3.43. The van der Waals surface area contributed by atoms with Gasteiger partial charge in [0.05, 0.1) is 24.3 Å². The summed E-state index contributed by atoms with van der Waals surface area (Å²) in [7, 11) is -3.43. The van der Waals surface area contributed by atoms with Gasteiger partial charge in [0.1, 0.15) is 6.61 Å². The lowest BCUT2D eigenvalue weighted by Gasteiger charge is -2.18. The monoisotopic (exact) mass is 279 g/mol. The summed E-state index contributed by atoms with van der Waals surface area (Å²) in [6.07, 6.45) is 2.58. The van der Waals surface area contributed by atoms with Crippen LogP contribution in [0.5, 0.6) is 0 Å². The minimum absolute atomic E-state index is 0.00736. The molecule has 8 heteroatoms. The van der Waals surface area contributed by atoms with Crippen molar-refractivity contribution < 1.29 is 22.1 Å². The van der Waals surface area contributed by atoms with Gasteiger partial charge < -0.3 is 9.47 Å². The third kappa shape index (κ3) is 3.23. The highest BCUT2D eigenvalue weighted by Gasteiger charge is 2.36. The van der Waals surface area contributed by atoms with Gasteiger partial charge in [0.2, 0.25) is 5.79 Å². The maximum atomic E-state index is 10.8. The lowest BCUT2D eigenvalue weighted by atomic mass is 10.3. The molecule has 0 N–H and O–H groups in total. The van der Waals surface area contributed by atoms with Crippen LogP contribution in [0.4, 0.5) is 0 Å². The number of nitrogens with zero attached hydrogens (tertiary/aromatic N) is 1. The minimum Gasteiger partial charge on any atom is -0.342 e. The molecule has 0 bridgehead atoms. The van der Waals surface area contributed by atoms with Crippen LogP contribution in [-0.2, 0) is 36.2 Å². The standard InChI is InChI=1S/C9H13NO5S2/c1-9(13-3-4-14-9)8-10-5-7(16-8)6-15-17(2,11)12/h5H,3-4,6H2,1-2H3. The van der Waals surface area contributed by atoms with Crippen LogP contribution in [0.15, 0.2) is 6.20 Å². The highest BCUT2D eigenvalue weighted by Crippen LogP contribution is 2.33. The molecule has 0 radical (unpaired) electrons. The summed E-state index contributed by atoms with van der Waals surface area (Å²) in [5.74, 6) is -0.812. The predicted octanol–water partition coefficient (Wildman–Crippen LogP) is 0.839. The molecule has 1 fully saturated rings. The van der Waals surface area contributed by atoms with Crippen LogP contribution in [0.25, 0.3) is 0 Å². The molecule has 17 heavy (non-hydrogen) atoms. The van der Waals surface area contributed by atoms with Crippen LogP contribution >= 0.6 is 11.3 Å². The lowest BCUT2D eigenvalue weighted by Crippen LogP contribution is -2.21. The first-order valence-corrected chi connectivity index (χ1v) is 7.60. The summed E-state index contributed by atoms with van der Waals surface area (Å²) < 4.78 is 37.3. The van der Waals surface area contributed by atoms with E-state index in [1.807, 2.05) is 0 Å². The Balaban J connectivity index is 2.06. The van der Waals surface area contributed by atoms with E-state index in [-0.39, 0.29) is 6.61 Å². The molecule has 1 saturated heterocycles. The Morgan fingerprint density at radius 1 is 1.53 bits per heavy atom. The average molecular weight is 279 g/mol. The molecule has 1 aliphatic rings. The maximum Gasteiger partial charge on any atom is 0.264 e. The molecular formula is C9H13NO5S2. The number of aromatic nitrogens is 1. The molecule has 0 spiro atoms. The Bertz CT molecular complexity index is 489. The number of hydrogen-bond donors (Lipinski definition) is 0. The molecule has 0 amide bonds. The zero-order valence-corrected chi connectivity index (χ0v) is 11.1. The van der Waals surface area contributed by atoms with Crippen LogP contribution in [0, 0.1) is 0 Å². The second-order valence-corrected chi connectivity index (χ2v) is 6.50. The Labute approximate surface area is 104 Å². The van der Waals surface area contributed by atoms with Gasteiger partial charge in [-0.05, 0) is 6.92 Å². The first-order chi connectivity index (χ1) is 7.89. The molecule has 0 saturated carbocycles. The van der Waals surface area contributed by atoms with Crippen LogP contribution in [0.3, 0.4) is 0 Å². The fourth-order valence-corrected chi connectivity index (χ4v) is 2.68. The SMILES string of the molecule is CC1(c2ncc(COS(C)(=O)=O)s2)OCCO1. The van der Waals surface area contributed by atoms with Gasteiger partial charge in [0.25, 0.3) is 10.1 Å². The summed E-state index contributed by atoms with van der Waals surface area (Å²) in [6.45, 7) is 2.85. The summed E-state index contributed by atoms with van der Waals surface area (Å²) in [5, 5.41) is 0.669. The molecule has 1 aromatic rings. The van der Waals surface area contributed by atoms with Crippen LogP contribution in [0.2, 0.25) is 0 Å². The highest BCUT2D eigenvalue weighted by atomic mass is 32.2. The summed E-state index contributed by atoms with van der Waals surface area (Å²) in [4.78, 5) is 4.88. The Morgan fingerprint density at radius 3 is 2.76 bits per heavy atom. The molecule has 2 heterocycles. The largest absolute Gasteiger partial charge is 0.342 e. The number of rotatable bonds is 4. The quantitative estimate of drug-likeness (QED) is 0.760. The normalized spacial score (nSPS) is 19.6. The van der Waals surface area contributed by atoms with Crippen LogP contribution in [0.1, 0.15) is 16.8 Å². The van der Waals surface area contributed by atoms with Gasteiger partial charge >= 0.3 is 0 Å². The molecular weight excluding hydrogens is 266 g/mol. The average Bonchev–Trinajstić information content (AvgIpc) is 2.83. The van der Waals surface area contributed by atoms with Gasteiger partial charge in [-0.3, -0.25) is 4.18 Å². The van der Waals surface area contributed by atoms with E-state index < -0.39 is 15.9 Å². The number of thiazole rings is 1. The van der Waals surface area contributed by atoms with E-state index in [0.29, 0.717) is 23.1 Å². The van der Waals surface area contributed by atoms with Crippen molar-refractivity contribution >= 4 is 21.5 Å². The smallest absolute Gasteiger partial charge is 0.264 e. The van der Waals surface area contributed by atoms with Gasteiger partial charge in [-0.2, -0.15) is 8.42 Å². The van der Waals surface area contributed by atoms with E-state index in [9.17, 15) is 8.42 Å². The molecule has 6 nitrogen and oxygen atoms in total. The summed E-state index contributed by atoms with van der Waals surface area (Å²) in [6, 6.07) is 0. The zero-order valence-electron chi connectivity index (χ0n) is 9.50. The second-order valence-electron chi connectivity index (χ2n) is 3.74. The fourth-order valence-electron chi connectivity index (χ4n) is 1.39. The molecule has 96 valence electrons. The van der Waals surface area contributed by atoms with E-state index >= 15 is 0 Å². The summed E-state index contributed by atoms with van der Waals surface area (Å²) >= 11 is 1.32. The Morgan fingerprint density at radius 2 is 2.18 bits per heavy atom. The van der Waals surface area contributed by atoms with E-state index in [1.165, 1.54) is 11.3 Å². The number of ether oxygens (including phenoxy) is 2. The van der Waals surface area contributed by atoms with E-state index in [1.54, 1.807) is 13.1 Å². The summed E-state index contributed by atoms with van der Waals surface area (Å²) in [5.41, 5.74) is 0. The Kier molecular flexibility index (Phi) is 3.50. The topological polar surface area (TPSA) is 74.7 Å². The van der Waals surface area contributed by atoms with Crippen molar-refractivity contribution in [1.29, 1.82) is 0 Å². The van der Waals surface area contributed by atoms with Gasteiger partial charge in [-0.1, -0.05) is 0 Å². The van der Waals surface area contributed by atoms with E-state index in [4.69, 9.17) is 9.47 Å². The van der Waals surface area contributed by atoms with E-state index in [2.05, 4.69) is 9.17 Å². The molecule has 1 aromatic heterocycles. The maximum absolute atomic E-state index is 10.8. The first-order valence-electron chi connectivity index (χ1n) is 4.96. The first kappa shape index (κ1) is 12.9. The van der Waals surface area contributed by atoms with Gasteiger partial charge in [-0.15, -0.1) is 11.3 Å². The lowest BCUT2D eigenvalue weighted by molar-refractivity contribution is -0.149. The third-order valence-corrected chi connectivity index (χ3v) is 3.90. The molecule has 2 rings (SSSR count). The fraction of sp³-hybridized carbons (Fsp3) is 0.667. The van der Waals surface area contributed by atoms with Crippen molar-refractivity contribution in [1.82, 2.24) is 4.98 Å². The van der Waals surface area contributed by atoms with Crippen LogP contribution < -0.4 is 0 Å². The van der Waals surface area contributed by atoms with Crippen molar-refractivity contribution in [2.75, 3.05) is 19.5 Å². The van der Waals surface area contributed by atoms with Crippen molar-refractivity contribution in [2.45, 2.75) is 19.3 Å². The molecule has 0 aliphatic carbocycles. The molecule has 0 unspecified atom stereocenters. The van der Waals surface area contributed by atoms with Crippen LogP contribution in [-0.4, -0.2) is 32.9 Å². The van der Waals surface area contributed by atoms with E-state index in [0.717, 1.165) is 6.26 Å². The number of hydrogen-bond acceptors (Lipinski definition) is 7. The molecule has 1 aliphatic heterocycles. The Hall–Kier alpha value is -0.540. The second kappa shape index (κ2) is 4.62. The zero-order chi connectivity index (χ0) is 12.5. The van der Waals surface area contributed by atoms with Crippen molar-refractivity contribution in [3.8, 4) is 0 Å². The highest BCUT2D eigenvalue weighted by molar-refractivity contribution is 7.85. The van der Waals surface area contributed by atoms with Crippen molar-refractivity contribution in [3.63, 3.8) is 0 Å². The van der Waals surface area contributed by atoms with Gasteiger partial charge in [0.15, 0.2) is 5.01 Å². The van der Waals surface area contributed by atoms with Crippen molar-refractivity contribution in [2.24, 2.45) is 0 Å². The van der Waals surface area contributed by atoms with Gasteiger partial charge in [-0.25, -0.2) is 4.98 Å². The molecule has 0 atom stereocenters. The third-order valence-electron chi connectivity index (χ3n) is 2.20. The van der Waals surface area contributed by atoms with Gasteiger partial charge in [0, 0.05) is 6.20 Å². The molecule has 0 aromatic carbocycles. The predicted molar refractivity (Wildman–Crippen MR) is 61.0 cm³/mol.